The van der Waals surface area contributed by atoms with Crippen molar-refractivity contribution in [2.45, 2.75) is 75.7 Å². The van der Waals surface area contributed by atoms with Crippen LogP contribution in [-0.4, -0.2) is 54.9 Å². The van der Waals surface area contributed by atoms with Gasteiger partial charge in [0, 0.05) is 25.1 Å². The highest BCUT2D eigenvalue weighted by atomic mass is 16.5. The monoisotopic (exact) mass is 403 g/mol. The van der Waals surface area contributed by atoms with E-state index in [2.05, 4.69) is 12.2 Å². The Hall–Kier alpha value is -1.24. The highest BCUT2D eigenvalue weighted by molar-refractivity contribution is 6.20. The summed E-state index contributed by atoms with van der Waals surface area (Å²) in [5.74, 6) is -0.448. The third kappa shape index (κ3) is 2.64. The first-order valence-electron chi connectivity index (χ1n) is 11.3. The van der Waals surface area contributed by atoms with Gasteiger partial charge in [-0.05, 0) is 68.8 Å². The number of piperidine rings is 1. The molecule has 2 N–H and O–H groups in total. The lowest BCUT2D eigenvalue weighted by Gasteiger charge is -2.48. The van der Waals surface area contributed by atoms with Gasteiger partial charge in [0.15, 0.2) is 5.78 Å². The quantitative estimate of drug-likeness (QED) is 0.542. The molecule has 0 spiro atoms. The minimum absolute atomic E-state index is 0.0563. The van der Waals surface area contributed by atoms with Crippen molar-refractivity contribution in [1.29, 1.82) is 0 Å². The summed E-state index contributed by atoms with van der Waals surface area (Å²) in [6.07, 6.45) is 6.29. The Morgan fingerprint density at radius 2 is 1.97 bits per heavy atom. The molecule has 6 nitrogen and oxygen atoms in total. The first kappa shape index (κ1) is 19.7. The van der Waals surface area contributed by atoms with E-state index in [0.717, 1.165) is 44.1 Å². The number of Topliss-reactive ketones (excluding diaryl/α,β-unsaturated/α-hetero) is 1. The third-order valence-electron chi connectivity index (χ3n) is 8.81. The molecule has 0 unspecified atom stereocenters. The first-order chi connectivity index (χ1) is 13.9. The number of ether oxygens (including phenoxy) is 2. The van der Waals surface area contributed by atoms with Crippen LogP contribution in [0.25, 0.3) is 0 Å². The van der Waals surface area contributed by atoms with Crippen molar-refractivity contribution >= 4 is 11.8 Å². The Bertz CT molecular complexity index is 762. The van der Waals surface area contributed by atoms with Gasteiger partial charge in [-0.25, -0.2) is 4.79 Å². The molecule has 4 aliphatic carbocycles. The van der Waals surface area contributed by atoms with E-state index < -0.39 is 11.6 Å². The minimum Gasteiger partial charge on any atom is -0.465 e. The fourth-order valence-electron chi connectivity index (χ4n) is 7.85. The molecule has 5 aliphatic rings. The third-order valence-corrected chi connectivity index (χ3v) is 8.81. The van der Waals surface area contributed by atoms with Gasteiger partial charge >= 0.3 is 5.97 Å². The summed E-state index contributed by atoms with van der Waals surface area (Å²) < 4.78 is 10.8. The highest BCUT2D eigenvalue weighted by Crippen LogP contribution is 2.64. The van der Waals surface area contributed by atoms with Crippen LogP contribution in [0.5, 0.6) is 0 Å². The van der Waals surface area contributed by atoms with E-state index in [4.69, 9.17) is 9.47 Å². The lowest BCUT2D eigenvalue weighted by Crippen LogP contribution is -2.57. The first-order valence-corrected chi connectivity index (χ1v) is 11.3. The number of carbonyl (C=O) groups is 2. The molecule has 2 bridgehead atoms. The van der Waals surface area contributed by atoms with Gasteiger partial charge in [-0.1, -0.05) is 6.42 Å². The van der Waals surface area contributed by atoms with Crippen molar-refractivity contribution in [3.05, 3.63) is 11.1 Å². The van der Waals surface area contributed by atoms with Gasteiger partial charge in [-0.15, -0.1) is 0 Å². The van der Waals surface area contributed by atoms with Gasteiger partial charge in [0.1, 0.15) is 5.57 Å². The van der Waals surface area contributed by atoms with E-state index in [1.54, 1.807) is 7.11 Å². The Morgan fingerprint density at radius 1 is 1.17 bits per heavy atom. The van der Waals surface area contributed by atoms with Gasteiger partial charge in [-0.2, -0.15) is 0 Å². The van der Waals surface area contributed by atoms with Crippen molar-refractivity contribution in [2.24, 2.45) is 29.6 Å². The number of rotatable bonds is 2. The van der Waals surface area contributed by atoms with Crippen LogP contribution in [0.15, 0.2) is 11.1 Å². The fourth-order valence-corrected chi connectivity index (χ4v) is 7.85. The molecule has 0 radical (unpaired) electrons. The number of methoxy groups -OCH3 is 2. The number of ketones is 1. The maximum atomic E-state index is 13.6. The van der Waals surface area contributed by atoms with Crippen LogP contribution in [0, 0.1) is 29.6 Å². The van der Waals surface area contributed by atoms with Gasteiger partial charge in [-0.3, -0.25) is 4.79 Å². The van der Waals surface area contributed by atoms with Crippen molar-refractivity contribution in [2.75, 3.05) is 14.2 Å². The molecule has 5 rings (SSSR count). The summed E-state index contributed by atoms with van der Waals surface area (Å²) >= 11 is 0. The van der Waals surface area contributed by atoms with Crippen LogP contribution in [0.4, 0.5) is 0 Å². The lowest BCUT2D eigenvalue weighted by molar-refractivity contribution is -0.142. The summed E-state index contributed by atoms with van der Waals surface area (Å²) in [5.41, 5.74) is -0.205. The van der Waals surface area contributed by atoms with Crippen LogP contribution in [0.2, 0.25) is 0 Å². The normalized spacial score (nSPS) is 48.6. The maximum absolute atomic E-state index is 13.6. The van der Waals surface area contributed by atoms with E-state index in [-0.39, 0.29) is 47.2 Å². The zero-order valence-corrected chi connectivity index (χ0v) is 17.6. The van der Waals surface area contributed by atoms with Crippen LogP contribution < -0.4 is 5.32 Å². The summed E-state index contributed by atoms with van der Waals surface area (Å²) in [5, 5.41) is 15.8. The van der Waals surface area contributed by atoms with Gasteiger partial charge in [0.2, 0.25) is 0 Å². The summed E-state index contributed by atoms with van der Waals surface area (Å²) in [6.45, 7) is 2.20. The summed E-state index contributed by atoms with van der Waals surface area (Å²) in [7, 11) is 2.99. The molecule has 3 saturated carbocycles. The van der Waals surface area contributed by atoms with Crippen LogP contribution in [0.3, 0.4) is 0 Å². The molecule has 1 heterocycles. The predicted octanol–water partition coefficient (Wildman–Crippen LogP) is 2.00. The Labute approximate surface area is 172 Å². The molecule has 0 amide bonds. The molecular formula is C23H33NO5. The molecule has 0 aromatic heterocycles. The SMILES string of the molecule is COC(=O)C1=C2[C@@H]([C@H]3C[C@@H]4N[C@@H](C)CC[C@H]4[C@]2(O)C3)[C@@H]2CCC[C@H](OC)[C@H]2C1=O. The molecule has 9 atom stereocenters. The summed E-state index contributed by atoms with van der Waals surface area (Å²) in [4.78, 5) is 26.5. The number of hydrogen-bond acceptors (Lipinski definition) is 6. The van der Waals surface area contributed by atoms with E-state index in [9.17, 15) is 14.7 Å². The molecule has 0 aromatic rings. The Kier molecular flexibility index (Phi) is 4.68. The van der Waals surface area contributed by atoms with Crippen molar-refractivity contribution in [1.82, 2.24) is 5.32 Å². The highest BCUT2D eigenvalue weighted by Gasteiger charge is 2.66. The molecule has 4 fully saturated rings. The minimum atomic E-state index is -1.07. The summed E-state index contributed by atoms with van der Waals surface area (Å²) in [6, 6.07) is 0.685. The maximum Gasteiger partial charge on any atom is 0.341 e. The Balaban J connectivity index is 1.67. The smallest absolute Gasteiger partial charge is 0.341 e. The fraction of sp³-hybridized carbons (Fsp3) is 0.826. The molecule has 6 heteroatoms. The number of nitrogens with one attached hydrogen (secondary N) is 1. The number of aliphatic hydroxyl groups is 1. The van der Waals surface area contributed by atoms with Crippen LogP contribution in [0.1, 0.15) is 51.9 Å². The van der Waals surface area contributed by atoms with Crippen molar-refractivity contribution in [3.8, 4) is 0 Å². The molecule has 0 aromatic carbocycles. The van der Waals surface area contributed by atoms with E-state index in [0.29, 0.717) is 18.4 Å². The second-order valence-corrected chi connectivity index (χ2v) is 10.0. The second-order valence-electron chi connectivity index (χ2n) is 10.0. The second kappa shape index (κ2) is 6.89. The zero-order valence-electron chi connectivity index (χ0n) is 17.6. The standard InChI is InChI=1S/C23H33NO5/c1-11-7-8-14-15(24-11)9-12-10-23(14,27)20-17(12)13-5-4-6-16(28-2)18(13)21(25)19(20)22(26)29-3/h11-18,24,27H,4-10H2,1-3H3/t11-,12-,13-,14+,15-,16-,17-,18-,23+/m0/s1. The largest absolute Gasteiger partial charge is 0.465 e. The van der Waals surface area contributed by atoms with E-state index >= 15 is 0 Å². The Morgan fingerprint density at radius 3 is 2.69 bits per heavy atom. The van der Waals surface area contributed by atoms with E-state index in [1.165, 1.54) is 7.11 Å². The molecule has 1 aliphatic heterocycles. The molecule has 29 heavy (non-hydrogen) atoms. The lowest BCUT2D eigenvalue weighted by atomic mass is 9.60. The number of esters is 1. The average Bonchev–Trinajstić information content (AvgIpc) is 2.95. The number of hydrogen-bond donors (Lipinski definition) is 2. The van der Waals surface area contributed by atoms with Gasteiger partial charge < -0.3 is 19.9 Å². The van der Waals surface area contributed by atoms with Gasteiger partial charge in [0.05, 0.1) is 24.7 Å². The average molecular weight is 404 g/mol. The van der Waals surface area contributed by atoms with Crippen LogP contribution in [-0.2, 0) is 19.1 Å². The van der Waals surface area contributed by atoms with Gasteiger partial charge in [0.25, 0.3) is 0 Å². The number of carbonyl (C=O) groups excluding carboxylic acids is 2. The van der Waals surface area contributed by atoms with Crippen molar-refractivity contribution in [3.63, 3.8) is 0 Å². The van der Waals surface area contributed by atoms with E-state index in [1.807, 2.05) is 0 Å². The predicted molar refractivity (Wildman–Crippen MR) is 106 cm³/mol. The molecule has 160 valence electrons. The molecular weight excluding hydrogens is 370 g/mol. The zero-order chi connectivity index (χ0) is 20.5. The topological polar surface area (TPSA) is 84.9 Å². The molecule has 1 saturated heterocycles. The number of fused-ring (bicyclic) bond motifs is 9. The van der Waals surface area contributed by atoms with Crippen molar-refractivity contribution < 1.29 is 24.2 Å². The van der Waals surface area contributed by atoms with Crippen LogP contribution >= 0.6 is 0 Å².